The third-order valence-electron chi connectivity index (χ3n) is 4.54. The smallest absolute Gasteiger partial charge is 0.192 e. The summed E-state index contributed by atoms with van der Waals surface area (Å²) in [6.07, 6.45) is 4.00. The molecule has 8 heteroatoms. The van der Waals surface area contributed by atoms with Gasteiger partial charge in [-0.2, -0.15) is 0 Å². The first-order valence-corrected chi connectivity index (χ1v) is 10.5. The average molecular weight is 398 g/mol. The number of halogens is 1. The monoisotopic (exact) mass is 397 g/mol. The van der Waals surface area contributed by atoms with E-state index in [1.807, 2.05) is 18.2 Å². The number of fused-ring (bicyclic) bond motifs is 1. The molecule has 2 N–H and O–H groups in total. The largest absolute Gasteiger partial charge is 0.397 e. The first-order valence-electron chi connectivity index (χ1n) is 8.66. The SMILES string of the molecule is Nc1c(-c2nnc(SCc3cccc(F)c3)n2C2CC2)sc2ncccc12. The molecule has 1 aliphatic carbocycles. The molecule has 0 aliphatic heterocycles. The van der Waals surface area contributed by atoms with Crippen LogP contribution in [0.4, 0.5) is 10.1 Å². The summed E-state index contributed by atoms with van der Waals surface area (Å²) in [5.74, 6) is 1.23. The summed E-state index contributed by atoms with van der Waals surface area (Å²) in [6, 6.07) is 10.9. The van der Waals surface area contributed by atoms with Crippen LogP contribution in [0.5, 0.6) is 0 Å². The van der Waals surface area contributed by atoms with Crippen LogP contribution in [-0.2, 0) is 5.75 Å². The lowest BCUT2D eigenvalue weighted by molar-refractivity contribution is 0.626. The molecule has 0 bridgehead atoms. The molecular weight excluding hydrogens is 381 g/mol. The number of benzene rings is 1. The maximum atomic E-state index is 13.4. The number of hydrogen-bond acceptors (Lipinski definition) is 6. The Labute approximate surface area is 163 Å². The number of pyridine rings is 1. The molecule has 0 radical (unpaired) electrons. The van der Waals surface area contributed by atoms with Crippen molar-refractivity contribution in [3.8, 4) is 10.7 Å². The maximum Gasteiger partial charge on any atom is 0.192 e. The molecular formula is C19H16FN5S2. The lowest BCUT2D eigenvalue weighted by atomic mass is 10.2. The molecule has 0 atom stereocenters. The second-order valence-corrected chi connectivity index (χ2v) is 8.47. The quantitative estimate of drug-likeness (QED) is 0.485. The minimum absolute atomic E-state index is 0.219. The van der Waals surface area contributed by atoms with Crippen molar-refractivity contribution in [3.63, 3.8) is 0 Å². The van der Waals surface area contributed by atoms with Gasteiger partial charge in [0.2, 0.25) is 0 Å². The first kappa shape index (κ1) is 16.7. The van der Waals surface area contributed by atoms with Crippen LogP contribution in [0, 0.1) is 5.82 Å². The molecule has 1 aliphatic rings. The van der Waals surface area contributed by atoms with Crippen LogP contribution in [0.3, 0.4) is 0 Å². The summed E-state index contributed by atoms with van der Waals surface area (Å²) < 4.78 is 15.6. The molecule has 27 heavy (non-hydrogen) atoms. The Hall–Kier alpha value is -2.45. The molecule has 0 saturated heterocycles. The fourth-order valence-electron chi connectivity index (χ4n) is 3.08. The first-order chi connectivity index (χ1) is 13.2. The van der Waals surface area contributed by atoms with Crippen molar-refractivity contribution in [2.75, 3.05) is 5.73 Å². The lowest BCUT2D eigenvalue weighted by Crippen LogP contribution is -2.00. The molecule has 0 spiro atoms. The fourth-order valence-corrected chi connectivity index (χ4v) is 5.08. The molecule has 0 amide bonds. The number of anilines is 1. The van der Waals surface area contributed by atoms with E-state index >= 15 is 0 Å². The number of rotatable bonds is 5. The van der Waals surface area contributed by atoms with Gasteiger partial charge in [0.15, 0.2) is 11.0 Å². The highest BCUT2D eigenvalue weighted by atomic mass is 32.2. The van der Waals surface area contributed by atoms with Gasteiger partial charge in [0.25, 0.3) is 0 Å². The summed E-state index contributed by atoms with van der Waals surface area (Å²) in [6.45, 7) is 0. The van der Waals surface area contributed by atoms with Crippen LogP contribution in [0.15, 0.2) is 47.8 Å². The number of nitrogens with zero attached hydrogens (tertiary/aromatic N) is 4. The minimum atomic E-state index is -0.219. The normalized spacial score (nSPS) is 14.1. The van der Waals surface area contributed by atoms with E-state index < -0.39 is 0 Å². The van der Waals surface area contributed by atoms with Gasteiger partial charge in [-0.15, -0.1) is 21.5 Å². The van der Waals surface area contributed by atoms with Gasteiger partial charge in [-0.25, -0.2) is 9.37 Å². The van der Waals surface area contributed by atoms with Crippen LogP contribution in [-0.4, -0.2) is 19.7 Å². The van der Waals surface area contributed by atoms with E-state index in [1.165, 1.54) is 6.07 Å². The van der Waals surface area contributed by atoms with Crippen LogP contribution in [0.2, 0.25) is 0 Å². The van der Waals surface area contributed by atoms with Crippen molar-refractivity contribution < 1.29 is 4.39 Å². The second-order valence-electron chi connectivity index (χ2n) is 6.53. The van der Waals surface area contributed by atoms with E-state index in [4.69, 9.17) is 5.73 Å². The van der Waals surface area contributed by atoms with Crippen molar-refractivity contribution in [2.45, 2.75) is 29.8 Å². The standard InChI is InChI=1S/C19H16FN5S2/c20-12-4-1-3-11(9-12)10-26-19-24-23-17(25(19)13-6-7-13)16-15(21)14-5-2-8-22-18(14)27-16/h1-5,8-9,13H,6-7,10,21H2. The van der Waals surface area contributed by atoms with Crippen LogP contribution < -0.4 is 5.73 Å². The molecule has 1 fully saturated rings. The fraction of sp³-hybridized carbons (Fsp3) is 0.211. The Morgan fingerprint density at radius 1 is 1.22 bits per heavy atom. The molecule has 136 valence electrons. The zero-order valence-corrected chi connectivity index (χ0v) is 15.9. The summed E-state index contributed by atoms with van der Waals surface area (Å²) in [5, 5.41) is 10.7. The van der Waals surface area contributed by atoms with Gasteiger partial charge in [0.05, 0.1) is 10.6 Å². The molecule has 3 aromatic heterocycles. The Morgan fingerprint density at radius 2 is 2.11 bits per heavy atom. The van der Waals surface area contributed by atoms with Crippen molar-refractivity contribution in [1.29, 1.82) is 0 Å². The lowest BCUT2D eigenvalue weighted by Gasteiger charge is -2.08. The third kappa shape index (κ3) is 3.08. The Balaban J connectivity index is 1.51. The van der Waals surface area contributed by atoms with Crippen LogP contribution >= 0.6 is 23.1 Å². The summed E-state index contributed by atoms with van der Waals surface area (Å²) in [4.78, 5) is 6.23. The molecule has 1 saturated carbocycles. The van der Waals surface area contributed by atoms with Gasteiger partial charge in [-0.1, -0.05) is 23.9 Å². The zero-order chi connectivity index (χ0) is 18.4. The molecule has 3 heterocycles. The van der Waals surface area contributed by atoms with Gasteiger partial charge >= 0.3 is 0 Å². The number of aromatic nitrogens is 4. The van der Waals surface area contributed by atoms with Crippen molar-refractivity contribution in [2.24, 2.45) is 0 Å². The summed E-state index contributed by atoms with van der Waals surface area (Å²) >= 11 is 3.12. The molecule has 4 aromatic rings. The summed E-state index contributed by atoms with van der Waals surface area (Å²) in [7, 11) is 0. The van der Waals surface area contributed by atoms with Crippen molar-refractivity contribution in [1.82, 2.24) is 19.7 Å². The minimum Gasteiger partial charge on any atom is -0.397 e. The number of nitrogens with two attached hydrogens (primary N) is 1. The van der Waals surface area contributed by atoms with E-state index in [9.17, 15) is 4.39 Å². The van der Waals surface area contributed by atoms with Crippen molar-refractivity contribution in [3.05, 3.63) is 54.0 Å². The summed E-state index contributed by atoms with van der Waals surface area (Å²) in [5.41, 5.74) is 8.03. The third-order valence-corrected chi connectivity index (χ3v) is 6.68. The number of hydrogen-bond donors (Lipinski definition) is 1. The zero-order valence-electron chi connectivity index (χ0n) is 14.3. The highest BCUT2D eigenvalue weighted by molar-refractivity contribution is 7.98. The van der Waals surface area contributed by atoms with E-state index in [1.54, 1.807) is 41.4 Å². The molecule has 5 rings (SSSR count). The van der Waals surface area contributed by atoms with Gasteiger partial charge in [-0.05, 0) is 42.7 Å². The predicted molar refractivity (Wildman–Crippen MR) is 107 cm³/mol. The number of thioether (sulfide) groups is 1. The highest BCUT2D eigenvalue weighted by Gasteiger charge is 2.31. The average Bonchev–Trinajstić information content (AvgIpc) is 3.35. The second kappa shape index (κ2) is 6.61. The van der Waals surface area contributed by atoms with Gasteiger partial charge in [-0.3, -0.25) is 4.57 Å². The van der Waals surface area contributed by atoms with E-state index in [2.05, 4.69) is 19.7 Å². The Bertz CT molecular complexity index is 1130. The van der Waals surface area contributed by atoms with E-state index in [-0.39, 0.29) is 5.82 Å². The van der Waals surface area contributed by atoms with Gasteiger partial charge in [0, 0.05) is 23.4 Å². The van der Waals surface area contributed by atoms with Crippen LogP contribution in [0.25, 0.3) is 20.9 Å². The van der Waals surface area contributed by atoms with Crippen LogP contribution in [0.1, 0.15) is 24.4 Å². The van der Waals surface area contributed by atoms with Gasteiger partial charge in [0.1, 0.15) is 10.6 Å². The van der Waals surface area contributed by atoms with E-state index in [0.29, 0.717) is 17.5 Å². The van der Waals surface area contributed by atoms with Crippen molar-refractivity contribution >= 4 is 39.0 Å². The molecule has 5 nitrogen and oxygen atoms in total. The molecule has 0 unspecified atom stereocenters. The number of nitrogen functional groups attached to an aromatic ring is 1. The van der Waals surface area contributed by atoms with Gasteiger partial charge < -0.3 is 5.73 Å². The Kier molecular flexibility index (Phi) is 4.09. The number of thiophene rings is 1. The highest BCUT2D eigenvalue weighted by Crippen LogP contribution is 2.45. The topological polar surface area (TPSA) is 69.6 Å². The molecule has 1 aromatic carbocycles. The van der Waals surface area contributed by atoms with E-state index in [0.717, 1.165) is 44.5 Å². The maximum absolute atomic E-state index is 13.4. The predicted octanol–water partition coefficient (Wildman–Crippen LogP) is 4.90. The Morgan fingerprint density at radius 3 is 2.89 bits per heavy atom.